The van der Waals surface area contributed by atoms with Gasteiger partial charge in [0.15, 0.2) is 5.69 Å². The normalized spacial score (nSPS) is 19.3. The molecule has 2 heterocycles. The van der Waals surface area contributed by atoms with Crippen molar-refractivity contribution in [3.8, 4) is 11.3 Å². The Hall–Kier alpha value is -5.52. The highest BCUT2D eigenvalue weighted by atomic mass is 16.6. The van der Waals surface area contributed by atoms with Crippen LogP contribution in [0.1, 0.15) is 78.9 Å². The lowest BCUT2D eigenvalue weighted by atomic mass is 9.91. The van der Waals surface area contributed by atoms with Gasteiger partial charge in [0.1, 0.15) is 11.7 Å². The van der Waals surface area contributed by atoms with Gasteiger partial charge in [-0.15, -0.1) is 0 Å². The molecule has 2 aliphatic rings. The first-order valence-corrected chi connectivity index (χ1v) is 17.4. The summed E-state index contributed by atoms with van der Waals surface area (Å²) in [5.74, 6) is -0.807. The summed E-state index contributed by atoms with van der Waals surface area (Å²) in [4.78, 5) is 59.9. The summed E-state index contributed by atoms with van der Waals surface area (Å²) in [7, 11) is 0. The van der Waals surface area contributed by atoms with Crippen LogP contribution in [0.15, 0.2) is 91.3 Å². The summed E-state index contributed by atoms with van der Waals surface area (Å²) in [6.07, 6.45) is 4.37. The summed E-state index contributed by atoms with van der Waals surface area (Å²) in [5.41, 5.74) is 2.24. The molecule has 12 heteroatoms. The van der Waals surface area contributed by atoms with Crippen LogP contribution in [0.4, 0.5) is 10.5 Å². The number of non-ortho nitro benzene ring substituents is 1. The van der Waals surface area contributed by atoms with Gasteiger partial charge in [0.2, 0.25) is 0 Å². The number of carbonyl (C=O) groups is 3. The van der Waals surface area contributed by atoms with Crippen molar-refractivity contribution in [2.24, 2.45) is 0 Å². The van der Waals surface area contributed by atoms with E-state index < -0.39 is 28.7 Å². The number of rotatable bonds is 8. The molecule has 12 nitrogen and oxygen atoms in total. The van der Waals surface area contributed by atoms with E-state index in [1.54, 1.807) is 11.2 Å². The molecule has 1 aromatic heterocycles. The van der Waals surface area contributed by atoms with Crippen LogP contribution < -0.4 is 0 Å². The third-order valence-corrected chi connectivity index (χ3v) is 9.35. The second kappa shape index (κ2) is 15.2. The topological polar surface area (TPSA) is 137 Å². The molecule has 51 heavy (non-hydrogen) atoms. The summed E-state index contributed by atoms with van der Waals surface area (Å²) < 4.78 is 13.7. The maximum Gasteiger partial charge on any atom is 0.410 e. The molecule has 3 aromatic carbocycles. The van der Waals surface area contributed by atoms with Crippen LogP contribution in [-0.4, -0.2) is 79.6 Å². The number of esters is 1. The van der Waals surface area contributed by atoms with Gasteiger partial charge >= 0.3 is 12.1 Å². The first kappa shape index (κ1) is 35.3. The van der Waals surface area contributed by atoms with Gasteiger partial charge in [-0.1, -0.05) is 67.1 Å². The number of nitro benzene ring substituents is 1. The Labute approximate surface area is 297 Å². The zero-order valence-corrected chi connectivity index (χ0v) is 29.1. The Morgan fingerprint density at radius 2 is 1.57 bits per heavy atom. The van der Waals surface area contributed by atoms with Gasteiger partial charge in [0.25, 0.3) is 11.6 Å². The SMILES string of the molecule is CC(C)(C)OC(=O)N1CCN(C(=O)c2ncn([C@H]3CCCC[C@H]3OC(=O)c3ccc([N+](=O)[O-])cc3)c2-c2ccccc2)[C@H](Cc2ccccc2)C1. The highest BCUT2D eigenvalue weighted by Gasteiger charge is 2.38. The van der Waals surface area contributed by atoms with Crippen LogP contribution in [0.2, 0.25) is 0 Å². The van der Waals surface area contributed by atoms with Gasteiger partial charge < -0.3 is 23.8 Å². The molecule has 3 atom stereocenters. The Bertz CT molecular complexity index is 1850. The van der Waals surface area contributed by atoms with E-state index in [1.807, 2.05) is 90.9 Å². The lowest BCUT2D eigenvalue weighted by Gasteiger charge is -2.41. The number of aromatic nitrogens is 2. The van der Waals surface area contributed by atoms with E-state index in [-0.39, 0.29) is 34.9 Å². The lowest BCUT2D eigenvalue weighted by Crippen LogP contribution is -2.58. The molecule has 2 amide bonds. The molecular formula is C39H43N5O7. The standard InChI is InChI=1S/C39H43N5O7/c1-39(2,3)51-38(47)41-22-23-42(31(25-41)24-27-12-6-4-7-13-27)36(45)34-35(28-14-8-5-9-15-28)43(26-40-34)32-16-10-11-17-33(32)50-37(46)29-18-20-30(21-19-29)44(48)49/h4-9,12-15,18-21,26,31-33H,10-11,16-17,22-25H2,1-3H3/t31-,32+,33-/m1/s1. The molecule has 1 aliphatic heterocycles. The van der Waals surface area contributed by atoms with Crippen LogP contribution in [0.5, 0.6) is 0 Å². The number of nitrogens with zero attached hydrogens (tertiary/aromatic N) is 5. The van der Waals surface area contributed by atoms with Crippen molar-refractivity contribution >= 4 is 23.7 Å². The lowest BCUT2D eigenvalue weighted by molar-refractivity contribution is -0.384. The minimum absolute atomic E-state index is 0.109. The quantitative estimate of drug-likeness (QED) is 0.108. The van der Waals surface area contributed by atoms with Gasteiger partial charge in [-0.25, -0.2) is 14.6 Å². The molecule has 0 radical (unpaired) electrons. The minimum Gasteiger partial charge on any atom is -0.457 e. The number of piperazine rings is 1. The van der Waals surface area contributed by atoms with E-state index in [4.69, 9.17) is 14.5 Å². The maximum absolute atomic E-state index is 14.7. The highest BCUT2D eigenvalue weighted by Crippen LogP contribution is 2.37. The number of nitro groups is 1. The van der Waals surface area contributed by atoms with Crippen molar-refractivity contribution in [2.45, 2.75) is 76.7 Å². The van der Waals surface area contributed by atoms with Crippen LogP contribution >= 0.6 is 0 Å². The van der Waals surface area contributed by atoms with Crippen LogP contribution in [0.25, 0.3) is 11.3 Å². The second-order valence-corrected chi connectivity index (χ2v) is 14.1. The number of ether oxygens (including phenoxy) is 2. The van der Waals surface area contributed by atoms with Gasteiger partial charge in [0, 0.05) is 37.3 Å². The van der Waals surface area contributed by atoms with Gasteiger partial charge in [-0.3, -0.25) is 14.9 Å². The van der Waals surface area contributed by atoms with E-state index >= 15 is 0 Å². The molecular weight excluding hydrogens is 650 g/mol. The first-order chi connectivity index (χ1) is 24.5. The fourth-order valence-corrected chi connectivity index (χ4v) is 6.92. The number of hydrogen-bond acceptors (Lipinski definition) is 8. The molecule has 1 saturated carbocycles. The summed E-state index contributed by atoms with van der Waals surface area (Å²) in [6.45, 7) is 6.43. The molecule has 0 unspecified atom stereocenters. The average molecular weight is 694 g/mol. The maximum atomic E-state index is 14.7. The Morgan fingerprint density at radius 1 is 0.902 bits per heavy atom. The van der Waals surface area contributed by atoms with Crippen LogP contribution in [0.3, 0.4) is 0 Å². The molecule has 2 fully saturated rings. The Balaban J connectivity index is 1.31. The summed E-state index contributed by atoms with van der Waals surface area (Å²) in [6, 6.07) is 24.2. The third kappa shape index (κ3) is 8.28. The van der Waals surface area contributed by atoms with Gasteiger partial charge in [-0.05, 0) is 64.2 Å². The number of benzene rings is 3. The number of amides is 2. The van der Waals surface area contributed by atoms with E-state index in [2.05, 4.69) is 0 Å². The minimum atomic E-state index is -0.649. The number of imidazole rings is 1. The summed E-state index contributed by atoms with van der Waals surface area (Å²) >= 11 is 0. The molecule has 4 aromatic rings. The monoisotopic (exact) mass is 693 g/mol. The molecule has 1 saturated heterocycles. The fraction of sp³-hybridized carbons (Fsp3) is 0.385. The summed E-state index contributed by atoms with van der Waals surface area (Å²) in [5, 5.41) is 11.1. The third-order valence-electron chi connectivity index (χ3n) is 9.35. The van der Waals surface area contributed by atoms with Crippen LogP contribution in [0, 0.1) is 10.1 Å². The van der Waals surface area contributed by atoms with Crippen molar-refractivity contribution in [1.29, 1.82) is 0 Å². The van der Waals surface area contributed by atoms with Crippen molar-refractivity contribution in [1.82, 2.24) is 19.4 Å². The van der Waals surface area contributed by atoms with Crippen molar-refractivity contribution < 1.29 is 28.8 Å². The van der Waals surface area contributed by atoms with Gasteiger partial charge in [-0.2, -0.15) is 0 Å². The van der Waals surface area contributed by atoms with Crippen molar-refractivity contribution in [3.63, 3.8) is 0 Å². The molecule has 0 bridgehead atoms. The predicted octanol–water partition coefficient (Wildman–Crippen LogP) is 7.10. The molecule has 1 aliphatic carbocycles. The Morgan fingerprint density at radius 3 is 2.24 bits per heavy atom. The van der Waals surface area contributed by atoms with E-state index in [9.17, 15) is 24.5 Å². The first-order valence-electron chi connectivity index (χ1n) is 17.4. The molecule has 0 N–H and O–H groups in total. The zero-order valence-electron chi connectivity index (χ0n) is 29.1. The van der Waals surface area contributed by atoms with Gasteiger partial charge in [0.05, 0.1) is 34.6 Å². The smallest absolute Gasteiger partial charge is 0.410 e. The van der Waals surface area contributed by atoms with E-state index in [1.165, 1.54) is 24.3 Å². The molecule has 266 valence electrons. The predicted molar refractivity (Wildman–Crippen MR) is 190 cm³/mol. The van der Waals surface area contributed by atoms with Crippen molar-refractivity contribution in [2.75, 3.05) is 19.6 Å². The Kier molecular flexibility index (Phi) is 10.5. The highest BCUT2D eigenvalue weighted by molar-refractivity contribution is 5.98. The number of hydrogen-bond donors (Lipinski definition) is 0. The van der Waals surface area contributed by atoms with Crippen molar-refractivity contribution in [3.05, 3.63) is 118 Å². The average Bonchev–Trinajstić information content (AvgIpc) is 3.57. The molecule has 6 rings (SSSR count). The molecule has 0 spiro atoms. The largest absolute Gasteiger partial charge is 0.457 e. The second-order valence-electron chi connectivity index (χ2n) is 14.1. The van der Waals surface area contributed by atoms with Crippen LogP contribution in [-0.2, 0) is 15.9 Å². The fourth-order valence-electron chi connectivity index (χ4n) is 6.92. The number of carbonyl (C=O) groups excluding carboxylic acids is 3. The zero-order chi connectivity index (χ0) is 36.1. The van der Waals surface area contributed by atoms with E-state index in [0.29, 0.717) is 44.6 Å². The van der Waals surface area contributed by atoms with E-state index in [0.717, 1.165) is 24.0 Å².